The number of halogens is 1. The lowest BCUT2D eigenvalue weighted by Crippen LogP contribution is -2.51. The highest BCUT2D eigenvalue weighted by molar-refractivity contribution is 9.10. The smallest absolute Gasteiger partial charge is 0.145 e. The maximum atomic E-state index is 5.91. The van der Waals surface area contributed by atoms with Crippen LogP contribution in [0.3, 0.4) is 0 Å². The van der Waals surface area contributed by atoms with Crippen molar-refractivity contribution in [2.24, 2.45) is 0 Å². The summed E-state index contributed by atoms with van der Waals surface area (Å²) in [4.78, 5) is 2.22. The highest BCUT2D eigenvalue weighted by Crippen LogP contribution is 2.31. The Labute approximate surface area is 119 Å². The number of hydrogen-bond acceptors (Lipinski definition) is 4. The van der Waals surface area contributed by atoms with Crippen LogP contribution < -0.4 is 10.5 Å². The van der Waals surface area contributed by atoms with Crippen molar-refractivity contribution in [2.45, 2.75) is 6.10 Å². The summed E-state index contributed by atoms with van der Waals surface area (Å²) in [5.74, 6) is 1.36. The van der Waals surface area contributed by atoms with Gasteiger partial charge in [0.15, 0.2) is 0 Å². The zero-order valence-electron chi connectivity index (χ0n) is 10.6. The molecule has 2 heterocycles. The highest BCUT2D eigenvalue weighted by atomic mass is 79.9. The van der Waals surface area contributed by atoms with Gasteiger partial charge in [0.25, 0.3) is 0 Å². The SMILES string of the molecule is CN1CC(Oc2ccc(-c3cc(N)n[nH]3)cc2Br)C1. The Hall–Kier alpha value is -1.53. The van der Waals surface area contributed by atoms with E-state index in [1.165, 1.54) is 0 Å². The number of nitrogen functional groups attached to an aromatic ring is 1. The van der Waals surface area contributed by atoms with Gasteiger partial charge in [-0.1, -0.05) is 0 Å². The first-order valence-corrected chi connectivity index (χ1v) is 6.87. The molecule has 100 valence electrons. The third-order valence-corrected chi connectivity index (χ3v) is 3.78. The average Bonchev–Trinajstić information content (AvgIpc) is 2.76. The average molecular weight is 323 g/mol. The molecule has 0 unspecified atom stereocenters. The quantitative estimate of drug-likeness (QED) is 0.908. The Morgan fingerprint density at radius 3 is 2.79 bits per heavy atom. The number of nitrogens with one attached hydrogen (secondary N) is 1. The fraction of sp³-hybridized carbons (Fsp3) is 0.308. The Bertz CT molecular complexity index is 592. The normalized spacial score (nSPS) is 16.3. The number of aromatic amines is 1. The molecule has 0 spiro atoms. The number of aromatic nitrogens is 2. The van der Waals surface area contributed by atoms with Crippen LogP contribution in [0.4, 0.5) is 5.82 Å². The third kappa shape index (κ3) is 2.59. The molecule has 0 saturated carbocycles. The summed E-state index contributed by atoms with van der Waals surface area (Å²) < 4.78 is 6.85. The largest absolute Gasteiger partial charge is 0.487 e. The van der Waals surface area contributed by atoms with Gasteiger partial charge in [0.2, 0.25) is 0 Å². The molecule has 0 aliphatic carbocycles. The fourth-order valence-corrected chi connectivity index (χ4v) is 2.62. The molecule has 3 N–H and O–H groups in total. The third-order valence-electron chi connectivity index (χ3n) is 3.16. The van der Waals surface area contributed by atoms with Gasteiger partial charge in [-0.05, 0) is 41.2 Å². The van der Waals surface area contributed by atoms with Crippen LogP contribution in [0.1, 0.15) is 0 Å². The minimum Gasteiger partial charge on any atom is -0.487 e. The number of rotatable bonds is 3. The van der Waals surface area contributed by atoms with E-state index in [4.69, 9.17) is 10.5 Å². The van der Waals surface area contributed by atoms with Gasteiger partial charge in [0, 0.05) is 24.7 Å². The van der Waals surface area contributed by atoms with Crippen LogP contribution in [0.25, 0.3) is 11.3 Å². The molecule has 1 aliphatic heterocycles. The number of benzene rings is 1. The molecule has 1 aromatic carbocycles. The number of hydrogen-bond donors (Lipinski definition) is 2. The lowest BCUT2D eigenvalue weighted by atomic mass is 10.1. The summed E-state index contributed by atoms with van der Waals surface area (Å²) in [5, 5.41) is 6.82. The van der Waals surface area contributed by atoms with E-state index >= 15 is 0 Å². The Morgan fingerprint density at radius 1 is 1.42 bits per heavy atom. The van der Waals surface area contributed by atoms with E-state index in [-0.39, 0.29) is 6.10 Å². The molecule has 1 aromatic heterocycles. The number of nitrogens with two attached hydrogens (primary N) is 1. The predicted octanol–water partition coefficient (Wildman–Crippen LogP) is 2.11. The van der Waals surface area contributed by atoms with Crippen molar-refractivity contribution in [3.63, 3.8) is 0 Å². The molecule has 0 radical (unpaired) electrons. The predicted molar refractivity (Wildman–Crippen MR) is 78.0 cm³/mol. The van der Waals surface area contributed by atoms with Crippen molar-refractivity contribution in [1.29, 1.82) is 0 Å². The second-order valence-electron chi connectivity index (χ2n) is 4.81. The van der Waals surface area contributed by atoms with Gasteiger partial charge in [-0.25, -0.2) is 0 Å². The van der Waals surface area contributed by atoms with E-state index in [2.05, 4.69) is 38.1 Å². The van der Waals surface area contributed by atoms with Crippen LogP contribution in [0.2, 0.25) is 0 Å². The zero-order valence-corrected chi connectivity index (χ0v) is 12.1. The number of likely N-dealkylation sites (tertiary alicyclic amines) is 1. The highest BCUT2D eigenvalue weighted by Gasteiger charge is 2.25. The molecule has 19 heavy (non-hydrogen) atoms. The number of nitrogens with zero attached hydrogens (tertiary/aromatic N) is 2. The molecule has 0 atom stereocenters. The molecule has 2 aromatic rings. The molecule has 1 saturated heterocycles. The van der Waals surface area contributed by atoms with Crippen molar-refractivity contribution >= 4 is 21.7 Å². The van der Waals surface area contributed by atoms with Crippen molar-refractivity contribution in [3.05, 3.63) is 28.7 Å². The first-order valence-electron chi connectivity index (χ1n) is 6.08. The second kappa shape index (κ2) is 4.86. The molecule has 3 rings (SSSR count). The van der Waals surface area contributed by atoms with Crippen molar-refractivity contribution in [1.82, 2.24) is 15.1 Å². The molecular weight excluding hydrogens is 308 g/mol. The molecule has 0 bridgehead atoms. The van der Waals surface area contributed by atoms with Gasteiger partial charge in [-0.15, -0.1) is 0 Å². The fourth-order valence-electron chi connectivity index (χ4n) is 2.14. The summed E-state index contributed by atoms with van der Waals surface area (Å²) in [6, 6.07) is 7.78. The van der Waals surface area contributed by atoms with Gasteiger partial charge in [-0.2, -0.15) is 5.10 Å². The summed E-state index contributed by atoms with van der Waals surface area (Å²) in [7, 11) is 2.08. The van der Waals surface area contributed by atoms with Crippen molar-refractivity contribution < 1.29 is 4.74 Å². The number of H-pyrrole nitrogens is 1. The van der Waals surface area contributed by atoms with Crippen molar-refractivity contribution in [2.75, 3.05) is 25.9 Å². The van der Waals surface area contributed by atoms with Crippen molar-refractivity contribution in [3.8, 4) is 17.0 Å². The molecule has 1 aliphatic rings. The lowest BCUT2D eigenvalue weighted by Gasteiger charge is -2.36. The first-order chi connectivity index (χ1) is 9.11. The minimum atomic E-state index is 0.287. The van der Waals surface area contributed by atoms with E-state index in [1.54, 1.807) is 0 Å². The zero-order chi connectivity index (χ0) is 13.4. The van der Waals surface area contributed by atoms with Gasteiger partial charge in [0.05, 0.1) is 10.2 Å². The van der Waals surface area contributed by atoms with E-state index in [0.29, 0.717) is 5.82 Å². The van der Waals surface area contributed by atoms with E-state index in [0.717, 1.165) is 34.6 Å². The Morgan fingerprint density at radius 2 is 2.21 bits per heavy atom. The molecule has 0 amide bonds. The first kappa shape index (κ1) is 12.5. The lowest BCUT2D eigenvalue weighted by molar-refractivity contribution is 0.0383. The van der Waals surface area contributed by atoms with Gasteiger partial charge in [-0.3, -0.25) is 10.00 Å². The number of anilines is 1. The van der Waals surface area contributed by atoms with Crippen LogP contribution in [-0.4, -0.2) is 41.3 Å². The van der Waals surface area contributed by atoms with E-state index in [1.807, 2.05) is 24.3 Å². The Balaban J connectivity index is 1.78. The molecule has 5 nitrogen and oxygen atoms in total. The van der Waals surface area contributed by atoms with Crippen LogP contribution >= 0.6 is 15.9 Å². The van der Waals surface area contributed by atoms with Crippen LogP contribution in [0.15, 0.2) is 28.7 Å². The van der Waals surface area contributed by atoms with Crippen LogP contribution in [-0.2, 0) is 0 Å². The van der Waals surface area contributed by atoms with Gasteiger partial charge >= 0.3 is 0 Å². The monoisotopic (exact) mass is 322 g/mol. The van der Waals surface area contributed by atoms with E-state index < -0.39 is 0 Å². The van der Waals surface area contributed by atoms with E-state index in [9.17, 15) is 0 Å². The molecule has 6 heteroatoms. The summed E-state index contributed by atoms with van der Waals surface area (Å²) in [6.45, 7) is 1.95. The molecular formula is C13H15BrN4O. The standard InChI is InChI=1S/C13H15BrN4O/c1-18-6-9(7-18)19-12-3-2-8(4-10(12)14)11-5-13(15)17-16-11/h2-5,9H,6-7H2,1H3,(H3,15,16,17). The van der Waals surface area contributed by atoms with Crippen LogP contribution in [0.5, 0.6) is 5.75 Å². The molecule has 1 fully saturated rings. The van der Waals surface area contributed by atoms with Gasteiger partial charge < -0.3 is 10.5 Å². The number of ether oxygens (including phenoxy) is 1. The maximum Gasteiger partial charge on any atom is 0.145 e. The van der Waals surface area contributed by atoms with Crippen LogP contribution in [0, 0.1) is 0 Å². The van der Waals surface area contributed by atoms with Gasteiger partial charge in [0.1, 0.15) is 17.7 Å². The maximum absolute atomic E-state index is 5.91. The number of likely N-dealkylation sites (N-methyl/N-ethyl adjacent to an activating group) is 1. The summed E-state index contributed by atoms with van der Waals surface area (Å²) in [6.07, 6.45) is 0.287. The second-order valence-corrected chi connectivity index (χ2v) is 5.67. The summed E-state index contributed by atoms with van der Waals surface area (Å²) in [5.41, 5.74) is 7.52. The Kier molecular flexibility index (Phi) is 3.20. The minimum absolute atomic E-state index is 0.287. The summed E-state index contributed by atoms with van der Waals surface area (Å²) >= 11 is 3.54. The topological polar surface area (TPSA) is 67.2 Å².